The summed E-state index contributed by atoms with van der Waals surface area (Å²) in [5.74, 6) is 0.739. The van der Waals surface area contributed by atoms with Crippen molar-refractivity contribution in [2.24, 2.45) is 11.0 Å². The predicted molar refractivity (Wildman–Crippen MR) is 88.0 cm³/mol. The fourth-order valence-electron chi connectivity index (χ4n) is 1.97. The molecule has 1 N–H and O–H groups in total. The first kappa shape index (κ1) is 17.7. The zero-order valence-corrected chi connectivity index (χ0v) is 14.2. The molecule has 5 heteroatoms. The third-order valence-corrected chi connectivity index (χ3v) is 5.12. The van der Waals surface area contributed by atoms with Crippen molar-refractivity contribution in [3.05, 3.63) is 29.8 Å². The molecule has 21 heavy (non-hydrogen) atoms. The third-order valence-electron chi connectivity index (χ3n) is 3.88. The lowest BCUT2D eigenvalue weighted by Gasteiger charge is -2.10. The van der Waals surface area contributed by atoms with Crippen LogP contribution in [0.4, 0.5) is 0 Å². The van der Waals surface area contributed by atoms with Gasteiger partial charge in [-0.25, -0.2) is 4.83 Å². The Morgan fingerprint density at radius 2 is 1.67 bits per heavy atom. The minimum Gasteiger partial charge on any atom is -0.200 e. The summed E-state index contributed by atoms with van der Waals surface area (Å²) in [5, 5.41) is 3.87. The highest BCUT2D eigenvalue weighted by Crippen LogP contribution is 2.20. The largest absolute Gasteiger partial charge is 0.276 e. The topological polar surface area (TPSA) is 58.5 Å². The summed E-state index contributed by atoms with van der Waals surface area (Å²) in [5.41, 5.74) is 1.15. The Morgan fingerprint density at radius 1 is 1.10 bits per heavy atom. The maximum absolute atomic E-state index is 12.1. The maximum atomic E-state index is 12.1. The van der Waals surface area contributed by atoms with Gasteiger partial charge in [0, 0.05) is 6.21 Å². The van der Waals surface area contributed by atoms with Crippen molar-refractivity contribution in [2.75, 3.05) is 0 Å². The van der Waals surface area contributed by atoms with Crippen LogP contribution in [0.5, 0.6) is 0 Å². The Labute approximate surface area is 128 Å². The van der Waals surface area contributed by atoms with Gasteiger partial charge in [0.1, 0.15) is 0 Å². The molecule has 0 amide bonds. The van der Waals surface area contributed by atoms with Crippen LogP contribution in [0.15, 0.2) is 34.3 Å². The standard InChI is InChI=1S/C16H26N2O2S/c1-5-13(4)15-8-10-16(11-9-15)21(19,20)18-17-12-14(6-2)7-3/h8-14,18H,5-7H2,1-4H3/b17-12-/t13-/m1/s1. The first-order chi connectivity index (χ1) is 9.94. The first-order valence-electron chi connectivity index (χ1n) is 7.59. The van der Waals surface area contributed by atoms with Crippen molar-refractivity contribution in [1.29, 1.82) is 0 Å². The number of hydrogen-bond donors (Lipinski definition) is 1. The molecule has 0 radical (unpaired) electrons. The molecule has 0 aliphatic carbocycles. The van der Waals surface area contributed by atoms with Crippen LogP contribution >= 0.6 is 0 Å². The van der Waals surface area contributed by atoms with Crippen LogP contribution in [0.1, 0.15) is 58.4 Å². The summed E-state index contributed by atoms with van der Waals surface area (Å²) in [7, 11) is -3.57. The van der Waals surface area contributed by atoms with E-state index in [2.05, 4.69) is 37.6 Å². The van der Waals surface area contributed by atoms with Crippen molar-refractivity contribution >= 4 is 16.2 Å². The zero-order valence-electron chi connectivity index (χ0n) is 13.3. The molecule has 0 heterocycles. The molecule has 0 bridgehead atoms. The summed E-state index contributed by atoms with van der Waals surface area (Å²) < 4.78 is 24.2. The molecular formula is C16H26N2O2S. The van der Waals surface area contributed by atoms with E-state index in [1.165, 1.54) is 0 Å². The lowest BCUT2D eigenvalue weighted by Crippen LogP contribution is -2.19. The van der Waals surface area contributed by atoms with E-state index in [0.717, 1.165) is 24.8 Å². The van der Waals surface area contributed by atoms with Gasteiger partial charge in [-0.15, -0.1) is 0 Å². The molecule has 0 aliphatic rings. The van der Waals surface area contributed by atoms with Crippen LogP contribution in [-0.2, 0) is 10.0 Å². The van der Waals surface area contributed by atoms with E-state index in [9.17, 15) is 8.42 Å². The average molecular weight is 310 g/mol. The molecule has 118 valence electrons. The minimum atomic E-state index is -3.57. The molecule has 0 aromatic heterocycles. The van der Waals surface area contributed by atoms with Crippen LogP contribution in [0.25, 0.3) is 0 Å². The highest BCUT2D eigenvalue weighted by Gasteiger charge is 2.13. The number of rotatable bonds is 8. The second-order valence-electron chi connectivity index (χ2n) is 5.33. The molecule has 1 rings (SSSR count). The molecule has 1 aromatic rings. The van der Waals surface area contributed by atoms with Gasteiger partial charge in [0.15, 0.2) is 0 Å². The fourth-order valence-corrected chi connectivity index (χ4v) is 2.77. The number of hydrogen-bond acceptors (Lipinski definition) is 3. The van der Waals surface area contributed by atoms with Gasteiger partial charge in [-0.3, -0.25) is 0 Å². The Hall–Kier alpha value is -1.36. The van der Waals surface area contributed by atoms with Crippen molar-refractivity contribution in [1.82, 2.24) is 4.83 Å². The number of hydrazone groups is 1. The van der Waals surface area contributed by atoms with Crippen LogP contribution in [0, 0.1) is 5.92 Å². The van der Waals surface area contributed by atoms with Gasteiger partial charge in [-0.1, -0.05) is 39.8 Å². The van der Waals surface area contributed by atoms with Gasteiger partial charge in [-0.05, 0) is 48.8 Å². The van der Waals surface area contributed by atoms with Gasteiger partial charge in [0.25, 0.3) is 10.0 Å². The second kappa shape index (κ2) is 8.17. The number of benzene rings is 1. The molecule has 1 aromatic carbocycles. The van der Waals surface area contributed by atoms with Crippen LogP contribution in [0.2, 0.25) is 0 Å². The number of nitrogens with zero attached hydrogens (tertiary/aromatic N) is 1. The van der Waals surface area contributed by atoms with Crippen LogP contribution in [-0.4, -0.2) is 14.6 Å². The lowest BCUT2D eigenvalue weighted by atomic mass is 9.99. The van der Waals surface area contributed by atoms with Gasteiger partial charge < -0.3 is 0 Å². The Bertz CT molecular complexity index is 546. The predicted octanol–water partition coefficient (Wildman–Crippen LogP) is 3.90. The van der Waals surface area contributed by atoms with E-state index in [-0.39, 0.29) is 4.90 Å². The summed E-state index contributed by atoms with van der Waals surface area (Å²) in [4.78, 5) is 2.53. The van der Waals surface area contributed by atoms with Crippen molar-refractivity contribution < 1.29 is 8.42 Å². The highest BCUT2D eigenvalue weighted by atomic mass is 32.2. The monoisotopic (exact) mass is 310 g/mol. The van der Waals surface area contributed by atoms with Crippen molar-refractivity contribution in [2.45, 2.75) is 57.8 Å². The molecule has 4 nitrogen and oxygen atoms in total. The van der Waals surface area contributed by atoms with E-state index in [0.29, 0.717) is 11.8 Å². The van der Waals surface area contributed by atoms with E-state index in [4.69, 9.17) is 0 Å². The Kier molecular flexibility index (Phi) is 6.89. The Balaban J connectivity index is 2.79. The highest BCUT2D eigenvalue weighted by molar-refractivity contribution is 7.89. The fraction of sp³-hybridized carbons (Fsp3) is 0.562. The maximum Gasteiger partial charge on any atom is 0.276 e. The Morgan fingerprint density at radius 3 is 2.14 bits per heavy atom. The molecule has 0 saturated carbocycles. The normalized spacial score (nSPS) is 13.8. The summed E-state index contributed by atoms with van der Waals surface area (Å²) in [6.07, 6.45) is 4.60. The molecule has 0 fully saturated rings. The number of sulfonamides is 1. The zero-order chi connectivity index (χ0) is 15.9. The molecule has 0 unspecified atom stereocenters. The van der Waals surface area contributed by atoms with Crippen LogP contribution < -0.4 is 4.83 Å². The van der Waals surface area contributed by atoms with Crippen molar-refractivity contribution in [3.8, 4) is 0 Å². The molecule has 0 aliphatic heterocycles. The SMILES string of the molecule is CCC(/C=N\NS(=O)(=O)c1ccc([C@H](C)CC)cc1)CC. The van der Waals surface area contributed by atoms with E-state index >= 15 is 0 Å². The molecule has 0 spiro atoms. The first-order valence-corrected chi connectivity index (χ1v) is 9.07. The van der Waals surface area contributed by atoms with Gasteiger partial charge in [0.05, 0.1) is 4.90 Å². The molecule has 0 saturated heterocycles. The van der Waals surface area contributed by atoms with Crippen molar-refractivity contribution in [3.63, 3.8) is 0 Å². The third kappa shape index (κ3) is 5.16. The lowest BCUT2D eigenvalue weighted by molar-refractivity contribution is 0.583. The van der Waals surface area contributed by atoms with Crippen LogP contribution in [0.3, 0.4) is 0 Å². The quantitative estimate of drug-likeness (QED) is 0.585. The number of nitrogens with one attached hydrogen (secondary N) is 1. The van der Waals surface area contributed by atoms with E-state index < -0.39 is 10.0 Å². The van der Waals surface area contributed by atoms with E-state index in [1.807, 2.05) is 12.1 Å². The van der Waals surface area contributed by atoms with Gasteiger partial charge in [-0.2, -0.15) is 13.5 Å². The molecule has 1 atom stereocenters. The van der Waals surface area contributed by atoms with Gasteiger partial charge >= 0.3 is 0 Å². The minimum absolute atomic E-state index is 0.247. The average Bonchev–Trinajstić information content (AvgIpc) is 2.51. The summed E-state index contributed by atoms with van der Waals surface area (Å²) in [6, 6.07) is 7.01. The second-order valence-corrected chi connectivity index (χ2v) is 6.99. The summed E-state index contributed by atoms with van der Waals surface area (Å²) in [6.45, 7) is 8.36. The van der Waals surface area contributed by atoms with Gasteiger partial charge in [0.2, 0.25) is 0 Å². The smallest absolute Gasteiger partial charge is 0.200 e. The van der Waals surface area contributed by atoms with E-state index in [1.54, 1.807) is 18.3 Å². The summed E-state index contributed by atoms with van der Waals surface area (Å²) >= 11 is 0. The molecular weight excluding hydrogens is 284 g/mol.